The molecule has 0 unspecified atom stereocenters. The Hall–Kier alpha value is -3.16. The summed E-state index contributed by atoms with van der Waals surface area (Å²) in [6, 6.07) is 7.27. The van der Waals surface area contributed by atoms with Crippen LogP contribution in [0.1, 0.15) is 135 Å². The van der Waals surface area contributed by atoms with Crippen LogP contribution in [0.25, 0.3) is 11.4 Å². The molecule has 2 aromatic rings. The van der Waals surface area contributed by atoms with Gasteiger partial charge in [0.2, 0.25) is 0 Å². The number of aromatic nitrogens is 2. The van der Waals surface area contributed by atoms with E-state index in [9.17, 15) is 9.59 Å². The minimum atomic E-state index is -0.608. The minimum absolute atomic E-state index is 0.245. The smallest absolute Gasteiger partial charge is 0.434 e. The Morgan fingerprint density at radius 2 is 1.27 bits per heavy atom. The molecule has 45 heavy (non-hydrogen) atoms. The van der Waals surface area contributed by atoms with E-state index in [-0.39, 0.29) is 6.10 Å². The van der Waals surface area contributed by atoms with Crippen LogP contribution in [0.5, 0.6) is 5.75 Å². The first-order valence-corrected chi connectivity index (χ1v) is 17.8. The fourth-order valence-electron chi connectivity index (χ4n) is 5.65. The molecule has 1 amide bonds. The van der Waals surface area contributed by atoms with Crippen molar-refractivity contribution in [2.75, 3.05) is 19.7 Å². The molecule has 0 atom stereocenters. The predicted octanol–water partition coefficient (Wildman–Crippen LogP) is 10.1. The van der Waals surface area contributed by atoms with Crippen LogP contribution in [0.4, 0.5) is 9.59 Å². The van der Waals surface area contributed by atoms with Crippen molar-refractivity contribution in [2.45, 2.75) is 142 Å². The van der Waals surface area contributed by atoms with Gasteiger partial charge in [-0.2, -0.15) is 0 Å². The number of aryl methyl sites for hydroxylation is 1. The Bertz CT molecular complexity index is 1070. The largest absolute Gasteiger partial charge is 0.508 e. The number of ether oxygens (including phenoxy) is 3. The highest BCUT2D eigenvalue weighted by atomic mass is 16.7. The van der Waals surface area contributed by atoms with Gasteiger partial charge in [-0.05, 0) is 49.1 Å². The molecule has 0 spiro atoms. The lowest BCUT2D eigenvalue weighted by atomic mass is 10.1. The molecule has 1 aromatic carbocycles. The maximum atomic E-state index is 12.7. The molecule has 1 fully saturated rings. The molecule has 250 valence electrons. The van der Waals surface area contributed by atoms with Crippen molar-refractivity contribution in [1.82, 2.24) is 14.9 Å². The molecule has 2 heterocycles. The number of carbonyl (C=O) groups excluding carboxylic acids is 2. The van der Waals surface area contributed by atoms with Crippen LogP contribution in [0.3, 0.4) is 0 Å². The quantitative estimate of drug-likeness (QED) is 0.101. The maximum Gasteiger partial charge on any atom is 0.508 e. The Balaban J connectivity index is 1.25. The van der Waals surface area contributed by atoms with Gasteiger partial charge in [-0.15, -0.1) is 0 Å². The van der Waals surface area contributed by atoms with E-state index in [1.54, 1.807) is 17.0 Å². The molecule has 0 bridgehead atoms. The van der Waals surface area contributed by atoms with Gasteiger partial charge in [-0.25, -0.2) is 19.6 Å². The van der Waals surface area contributed by atoms with E-state index in [2.05, 4.69) is 23.8 Å². The standard InChI is InChI=1S/C37H57N3O5/c1-3-5-7-9-11-12-13-14-16-18-28-43-37(42)45-34-24-26-40(27-25-34)36(41)44-33-22-20-32(21-23-33)35-38-29-31(30-39-35)19-17-15-10-8-6-4-2/h20-23,29-30,34H,3-19,24-28H2,1-2H3. The molecule has 3 rings (SSSR count). The Morgan fingerprint density at radius 1 is 0.733 bits per heavy atom. The van der Waals surface area contributed by atoms with Crippen molar-refractivity contribution < 1.29 is 23.8 Å². The maximum absolute atomic E-state index is 12.7. The van der Waals surface area contributed by atoms with E-state index in [0.29, 0.717) is 44.1 Å². The number of amides is 1. The van der Waals surface area contributed by atoms with Gasteiger partial charge in [0.25, 0.3) is 0 Å². The van der Waals surface area contributed by atoms with E-state index < -0.39 is 12.2 Å². The monoisotopic (exact) mass is 623 g/mol. The number of hydrogen-bond donors (Lipinski definition) is 0. The molecule has 0 aliphatic carbocycles. The summed E-state index contributed by atoms with van der Waals surface area (Å²) in [6.07, 6.45) is 24.7. The number of hydrogen-bond acceptors (Lipinski definition) is 7. The molecule has 8 heteroatoms. The fraction of sp³-hybridized carbons (Fsp3) is 0.676. The van der Waals surface area contributed by atoms with Crippen LogP contribution >= 0.6 is 0 Å². The first-order chi connectivity index (χ1) is 22.1. The van der Waals surface area contributed by atoms with Crippen LogP contribution in [-0.2, 0) is 15.9 Å². The van der Waals surface area contributed by atoms with E-state index in [1.165, 1.54) is 89.9 Å². The first-order valence-electron chi connectivity index (χ1n) is 17.8. The SMILES string of the molecule is CCCCCCCCCCCCOC(=O)OC1CCN(C(=O)Oc2ccc(-c3ncc(CCCCCCCC)cn3)cc2)CC1. The summed E-state index contributed by atoms with van der Waals surface area (Å²) < 4.78 is 16.3. The summed E-state index contributed by atoms with van der Waals surface area (Å²) in [5.74, 6) is 1.13. The number of carbonyl (C=O) groups is 2. The van der Waals surface area contributed by atoms with Crippen molar-refractivity contribution in [2.24, 2.45) is 0 Å². The summed E-state index contributed by atoms with van der Waals surface area (Å²) in [4.78, 5) is 35.6. The summed E-state index contributed by atoms with van der Waals surface area (Å²) in [7, 11) is 0. The fourth-order valence-corrected chi connectivity index (χ4v) is 5.65. The van der Waals surface area contributed by atoms with Crippen molar-refractivity contribution >= 4 is 12.2 Å². The van der Waals surface area contributed by atoms with Crippen LogP contribution < -0.4 is 4.74 Å². The van der Waals surface area contributed by atoms with E-state index >= 15 is 0 Å². The van der Waals surface area contributed by atoms with E-state index in [1.807, 2.05) is 24.5 Å². The van der Waals surface area contributed by atoms with Crippen LogP contribution in [-0.4, -0.2) is 52.9 Å². The second kappa shape index (κ2) is 22.4. The van der Waals surface area contributed by atoms with Crippen molar-refractivity contribution in [1.29, 1.82) is 0 Å². The highest BCUT2D eigenvalue weighted by Gasteiger charge is 2.27. The zero-order valence-corrected chi connectivity index (χ0v) is 28.0. The first kappa shape index (κ1) is 36.3. The summed E-state index contributed by atoms with van der Waals surface area (Å²) in [6.45, 7) is 5.81. The van der Waals surface area contributed by atoms with Crippen LogP contribution in [0.2, 0.25) is 0 Å². The predicted molar refractivity (Wildman–Crippen MR) is 179 cm³/mol. The van der Waals surface area contributed by atoms with Gasteiger partial charge in [0, 0.05) is 43.9 Å². The third kappa shape index (κ3) is 15.1. The lowest BCUT2D eigenvalue weighted by Gasteiger charge is -2.30. The van der Waals surface area contributed by atoms with E-state index in [4.69, 9.17) is 14.2 Å². The number of nitrogens with zero attached hydrogens (tertiary/aromatic N) is 3. The average Bonchev–Trinajstić information content (AvgIpc) is 3.06. The van der Waals surface area contributed by atoms with Gasteiger partial charge in [0.15, 0.2) is 5.82 Å². The van der Waals surface area contributed by atoms with Crippen molar-refractivity contribution in [3.05, 3.63) is 42.2 Å². The van der Waals surface area contributed by atoms with Crippen molar-refractivity contribution in [3.8, 4) is 17.1 Å². The van der Waals surface area contributed by atoms with Gasteiger partial charge in [0.05, 0.1) is 6.61 Å². The summed E-state index contributed by atoms with van der Waals surface area (Å²) in [5, 5.41) is 0. The van der Waals surface area contributed by atoms with E-state index in [0.717, 1.165) is 30.4 Å². The Morgan fingerprint density at radius 3 is 1.84 bits per heavy atom. The number of benzene rings is 1. The molecule has 0 N–H and O–H groups in total. The molecule has 0 radical (unpaired) electrons. The zero-order valence-electron chi connectivity index (χ0n) is 28.0. The van der Waals surface area contributed by atoms with Gasteiger partial charge >= 0.3 is 12.2 Å². The highest BCUT2D eigenvalue weighted by molar-refractivity contribution is 5.71. The van der Waals surface area contributed by atoms with Crippen LogP contribution in [0, 0.1) is 0 Å². The lowest BCUT2D eigenvalue weighted by molar-refractivity contribution is 0.00176. The molecular formula is C37H57N3O5. The topological polar surface area (TPSA) is 90.9 Å². The summed E-state index contributed by atoms with van der Waals surface area (Å²) >= 11 is 0. The van der Waals surface area contributed by atoms with Crippen LogP contribution in [0.15, 0.2) is 36.7 Å². The number of rotatable bonds is 21. The number of likely N-dealkylation sites (tertiary alicyclic amines) is 1. The van der Waals surface area contributed by atoms with Crippen molar-refractivity contribution in [3.63, 3.8) is 0 Å². The normalized spacial score (nSPS) is 13.5. The van der Waals surface area contributed by atoms with Gasteiger partial charge < -0.3 is 19.1 Å². The number of unbranched alkanes of at least 4 members (excludes halogenated alkanes) is 14. The second-order valence-corrected chi connectivity index (χ2v) is 12.4. The molecular weight excluding hydrogens is 566 g/mol. The highest BCUT2D eigenvalue weighted by Crippen LogP contribution is 2.22. The third-order valence-corrected chi connectivity index (χ3v) is 8.52. The van der Waals surface area contributed by atoms with Gasteiger partial charge in [0.1, 0.15) is 11.9 Å². The second-order valence-electron chi connectivity index (χ2n) is 12.4. The molecule has 8 nitrogen and oxygen atoms in total. The zero-order chi connectivity index (χ0) is 32.0. The Kier molecular flexibility index (Phi) is 18.0. The average molecular weight is 624 g/mol. The molecule has 1 aliphatic heterocycles. The van der Waals surface area contributed by atoms with Gasteiger partial charge in [-0.1, -0.05) is 104 Å². The molecule has 1 aromatic heterocycles. The summed E-state index contributed by atoms with van der Waals surface area (Å²) in [5.41, 5.74) is 2.04. The molecule has 1 aliphatic rings. The minimum Gasteiger partial charge on any atom is -0.434 e. The lowest BCUT2D eigenvalue weighted by Crippen LogP contribution is -2.42. The molecule has 1 saturated heterocycles. The Labute approximate surface area is 271 Å². The third-order valence-electron chi connectivity index (χ3n) is 8.52. The van der Waals surface area contributed by atoms with Gasteiger partial charge in [-0.3, -0.25) is 0 Å². The number of piperidine rings is 1. The molecule has 0 saturated carbocycles.